The lowest BCUT2D eigenvalue weighted by Gasteiger charge is -2.07. The van der Waals surface area contributed by atoms with E-state index in [4.69, 9.17) is 0 Å². The number of nitrogens with zero attached hydrogens (tertiary/aromatic N) is 2. The lowest BCUT2D eigenvalue weighted by Crippen LogP contribution is -2.30. The van der Waals surface area contributed by atoms with Crippen molar-refractivity contribution < 1.29 is 9.68 Å². The fourth-order valence-electron chi connectivity index (χ4n) is 1.03. The molecule has 52 valence electrons. The molecular formula is C6H13N2O+. The Hall–Kier alpha value is -0.570. The molecule has 0 saturated carbocycles. The standard InChI is InChI=1S/C6H13N2O/c1-3-8-5-7(2)4-6(8)9/h5-6,9H,3-4H2,1-2H3/q+1. The van der Waals surface area contributed by atoms with Gasteiger partial charge in [-0.25, -0.2) is 4.90 Å². The van der Waals surface area contributed by atoms with Crippen LogP contribution in [0.25, 0.3) is 0 Å². The summed E-state index contributed by atoms with van der Waals surface area (Å²) < 4.78 is 1.98. The average molecular weight is 129 g/mol. The predicted octanol–water partition coefficient (Wildman–Crippen LogP) is -0.689. The molecule has 0 fully saturated rings. The first kappa shape index (κ1) is 6.55. The van der Waals surface area contributed by atoms with Gasteiger partial charge in [-0.3, -0.25) is 4.58 Å². The molecule has 1 N–H and O–H groups in total. The predicted molar refractivity (Wildman–Crippen MR) is 35.5 cm³/mol. The second-order valence-electron chi connectivity index (χ2n) is 2.37. The van der Waals surface area contributed by atoms with Crippen LogP contribution in [0.3, 0.4) is 0 Å². The van der Waals surface area contributed by atoms with Crippen molar-refractivity contribution in [1.29, 1.82) is 0 Å². The highest BCUT2D eigenvalue weighted by Gasteiger charge is 2.25. The number of likely N-dealkylation sites (N-methyl/N-ethyl adjacent to an activating group) is 2. The zero-order chi connectivity index (χ0) is 6.85. The molecule has 9 heavy (non-hydrogen) atoms. The highest BCUT2D eigenvalue weighted by molar-refractivity contribution is 5.50. The Morgan fingerprint density at radius 3 is 2.78 bits per heavy atom. The molecule has 0 radical (unpaired) electrons. The molecule has 0 aliphatic carbocycles. The van der Waals surface area contributed by atoms with Crippen LogP contribution in [0.1, 0.15) is 6.92 Å². The van der Waals surface area contributed by atoms with Gasteiger partial charge in [0.2, 0.25) is 12.6 Å². The van der Waals surface area contributed by atoms with E-state index in [1.54, 1.807) is 0 Å². The molecule has 1 heterocycles. The smallest absolute Gasteiger partial charge is 0.236 e. The summed E-state index contributed by atoms with van der Waals surface area (Å²) in [5, 5.41) is 9.21. The molecule has 0 bridgehead atoms. The van der Waals surface area contributed by atoms with Crippen molar-refractivity contribution in [2.75, 3.05) is 20.1 Å². The van der Waals surface area contributed by atoms with E-state index >= 15 is 0 Å². The van der Waals surface area contributed by atoms with Crippen molar-refractivity contribution in [3.63, 3.8) is 0 Å². The molecule has 0 aromatic rings. The van der Waals surface area contributed by atoms with Crippen LogP contribution in [0.4, 0.5) is 0 Å². The van der Waals surface area contributed by atoms with Crippen molar-refractivity contribution in [2.45, 2.75) is 13.2 Å². The zero-order valence-electron chi connectivity index (χ0n) is 5.91. The van der Waals surface area contributed by atoms with Crippen molar-refractivity contribution >= 4 is 6.34 Å². The summed E-state index contributed by atoms with van der Waals surface area (Å²) in [6.45, 7) is 3.64. The number of aliphatic hydroxyl groups excluding tert-OH is 1. The van der Waals surface area contributed by atoms with Crippen LogP contribution in [-0.4, -0.2) is 47.3 Å². The third-order valence-corrected chi connectivity index (χ3v) is 1.54. The molecule has 1 aliphatic heterocycles. The fourth-order valence-corrected chi connectivity index (χ4v) is 1.03. The van der Waals surface area contributed by atoms with E-state index in [2.05, 4.69) is 0 Å². The minimum absolute atomic E-state index is 0.292. The number of aliphatic hydroxyl groups is 1. The number of β-amino-alcohol motifs (C(OH)–C–C–N with tert-alkyl or cyclic N) is 1. The minimum atomic E-state index is -0.292. The fraction of sp³-hybridized carbons (Fsp3) is 0.833. The van der Waals surface area contributed by atoms with Crippen molar-refractivity contribution in [2.24, 2.45) is 0 Å². The van der Waals surface area contributed by atoms with E-state index in [-0.39, 0.29) is 6.23 Å². The topological polar surface area (TPSA) is 26.5 Å². The number of hydrogen-bond donors (Lipinski definition) is 1. The van der Waals surface area contributed by atoms with Gasteiger partial charge in [0.1, 0.15) is 0 Å². The largest absolute Gasteiger partial charge is 0.352 e. The summed E-state index contributed by atoms with van der Waals surface area (Å²) in [4.78, 5) is 1.90. The van der Waals surface area contributed by atoms with Gasteiger partial charge in [-0.1, -0.05) is 0 Å². The summed E-state index contributed by atoms with van der Waals surface area (Å²) in [6.07, 6.45) is 1.64. The van der Waals surface area contributed by atoms with Gasteiger partial charge >= 0.3 is 0 Å². The molecule has 0 aromatic carbocycles. The second kappa shape index (κ2) is 2.35. The molecule has 3 heteroatoms. The van der Waals surface area contributed by atoms with Crippen LogP contribution >= 0.6 is 0 Å². The minimum Gasteiger partial charge on any atom is -0.352 e. The summed E-state index contributed by atoms with van der Waals surface area (Å²) in [7, 11) is 1.96. The molecule has 1 rings (SSSR count). The van der Waals surface area contributed by atoms with E-state index < -0.39 is 0 Å². The van der Waals surface area contributed by atoms with Gasteiger partial charge in [0.15, 0.2) is 6.54 Å². The summed E-state index contributed by atoms with van der Waals surface area (Å²) in [5.74, 6) is 0. The van der Waals surface area contributed by atoms with Gasteiger partial charge < -0.3 is 5.11 Å². The summed E-state index contributed by atoms with van der Waals surface area (Å²) >= 11 is 0. The van der Waals surface area contributed by atoms with Crippen LogP contribution in [0.2, 0.25) is 0 Å². The Morgan fingerprint density at radius 1 is 1.89 bits per heavy atom. The summed E-state index contributed by atoms with van der Waals surface area (Å²) in [5.41, 5.74) is 0. The van der Waals surface area contributed by atoms with E-state index in [0.717, 1.165) is 13.1 Å². The monoisotopic (exact) mass is 129 g/mol. The Labute approximate surface area is 55.2 Å². The molecule has 1 atom stereocenters. The van der Waals surface area contributed by atoms with E-state index in [1.807, 2.05) is 29.8 Å². The van der Waals surface area contributed by atoms with Gasteiger partial charge in [-0.2, -0.15) is 0 Å². The van der Waals surface area contributed by atoms with Crippen LogP contribution in [0, 0.1) is 0 Å². The molecule has 3 nitrogen and oxygen atoms in total. The maximum Gasteiger partial charge on any atom is 0.236 e. The normalized spacial score (nSPS) is 26.8. The van der Waals surface area contributed by atoms with Gasteiger partial charge in [-0.05, 0) is 6.92 Å². The highest BCUT2D eigenvalue weighted by atomic mass is 16.3. The molecule has 0 saturated heterocycles. The lowest BCUT2D eigenvalue weighted by atomic mass is 10.5. The Morgan fingerprint density at radius 2 is 2.56 bits per heavy atom. The highest BCUT2D eigenvalue weighted by Crippen LogP contribution is 1.98. The SMILES string of the molecule is CCN1C=[N+](C)CC1O. The van der Waals surface area contributed by atoms with Crippen molar-refractivity contribution in [3.05, 3.63) is 0 Å². The molecule has 0 spiro atoms. The quantitative estimate of drug-likeness (QED) is 0.474. The molecule has 1 unspecified atom stereocenters. The summed E-state index contributed by atoms with van der Waals surface area (Å²) in [6, 6.07) is 0. The molecule has 1 aliphatic rings. The Bertz CT molecular complexity index is 133. The van der Waals surface area contributed by atoms with Gasteiger partial charge in [0.25, 0.3) is 0 Å². The number of rotatable bonds is 1. The third-order valence-electron chi connectivity index (χ3n) is 1.54. The van der Waals surface area contributed by atoms with E-state index in [1.165, 1.54) is 0 Å². The second-order valence-corrected chi connectivity index (χ2v) is 2.37. The number of hydrogen-bond acceptors (Lipinski definition) is 2. The maximum atomic E-state index is 9.21. The third kappa shape index (κ3) is 1.21. The van der Waals surface area contributed by atoms with Crippen LogP contribution in [0.15, 0.2) is 0 Å². The van der Waals surface area contributed by atoms with Crippen LogP contribution in [0.5, 0.6) is 0 Å². The Balaban J connectivity index is 2.53. The van der Waals surface area contributed by atoms with Crippen molar-refractivity contribution in [3.8, 4) is 0 Å². The first-order chi connectivity index (χ1) is 4.24. The molecule has 0 amide bonds. The zero-order valence-corrected chi connectivity index (χ0v) is 5.91. The average Bonchev–Trinajstić information content (AvgIpc) is 2.10. The van der Waals surface area contributed by atoms with Gasteiger partial charge in [0.05, 0.1) is 13.6 Å². The van der Waals surface area contributed by atoms with E-state index in [0.29, 0.717) is 0 Å². The lowest BCUT2D eigenvalue weighted by molar-refractivity contribution is -0.491. The van der Waals surface area contributed by atoms with Crippen LogP contribution in [-0.2, 0) is 0 Å². The first-order valence-corrected chi connectivity index (χ1v) is 3.23. The first-order valence-electron chi connectivity index (χ1n) is 3.23. The van der Waals surface area contributed by atoms with Crippen molar-refractivity contribution in [1.82, 2.24) is 4.90 Å². The molecular weight excluding hydrogens is 116 g/mol. The van der Waals surface area contributed by atoms with Gasteiger partial charge in [-0.15, -0.1) is 0 Å². The van der Waals surface area contributed by atoms with Crippen LogP contribution < -0.4 is 0 Å². The Kier molecular flexibility index (Phi) is 1.71. The van der Waals surface area contributed by atoms with Gasteiger partial charge in [0, 0.05) is 0 Å². The maximum absolute atomic E-state index is 9.21. The molecule has 0 aromatic heterocycles. The van der Waals surface area contributed by atoms with E-state index in [9.17, 15) is 5.11 Å².